The smallest absolute Gasteiger partial charge is 0.0554 e. The van der Waals surface area contributed by atoms with Crippen molar-refractivity contribution in [3.8, 4) is 0 Å². The summed E-state index contributed by atoms with van der Waals surface area (Å²) in [6, 6.07) is 21.4. The predicted octanol–water partition coefficient (Wildman–Crippen LogP) is 5.33. The Morgan fingerprint density at radius 1 is 0.600 bits per heavy atom. The molecule has 20 heavy (non-hydrogen) atoms. The molecule has 0 heterocycles. The number of hydrogen-bond acceptors (Lipinski definition) is 4. The Morgan fingerprint density at radius 3 is 1.00 bits per heavy atom. The van der Waals surface area contributed by atoms with E-state index in [0.29, 0.717) is 0 Å². The molecule has 0 fully saturated rings. The first-order valence-electron chi connectivity index (χ1n) is 5.72. The van der Waals surface area contributed by atoms with Crippen LogP contribution in [0.4, 0.5) is 0 Å². The Bertz CT molecular complexity index is 652. The Labute approximate surface area is 128 Å². The summed E-state index contributed by atoms with van der Waals surface area (Å²) < 4.78 is 0. The Hall–Kier alpha value is -2.22. The van der Waals surface area contributed by atoms with Crippen LogP contribution in [0.5, 0.6) is 0 Å². The first-order valence-corrected chi connectivity index (χ1v) is 6.53. The van der Waals surface area contributed by atoms with Crippen LogP contribution < -0.4 is 0 Å². The lowest BCUT2D eigenvalue weighted by Gasteiger charge is -2.00. The predicted molar refractivity (Wildman–Crippen MR) is 92.1 cm³/mol. The van der Waals surface area contributed by atoms with Gasteiger partial charge in [-0.1, -0.05) is 48.5 Å². The fourth-order valence-corrected chi connectivity index (χ4v) is 1.88. The van der Waals surface area contributed by atoms with Gasteiger partial charge in [-0.2, -0.15) is 0 Å². The van der Waals surface area contributed by atoms with Gasteiger partial charge in [0.2, 0.25) is 0 Å². The van der Waals surface area contributed by atoms with E-state index in [2.05, 4.69) is 85.1 Å². The topological polar surface area (TPSA) is 47.7 Å². The molecule has 0 saturated carbocycles. The summed E-state index contributed by atoms with van der Waals surface area (Å²) in [5, 5.41) is 20.0. The van der Waals surface area contributed by atoms with E-state index in [1.807, 2.05) is 0 Å². The largest absolute Gasteiger partial charge is 0.248 e. The van der Waals surface area contributed by atoms with Crippen molar-refractivity contribution in [1.29, 1.82) is 10.8 Å². The van der Waals surface area contributed by atoms with E-state index in [1.165, 1.54) is 21.5 Å². The highest BCUT2D eigenvalue weighted by molar-refractivity contribution is 7.78. The van der Waals surface area contributed by atoms with E-state index in [9.17, 15) is 0 Å². The second kappa shape index (κ2) is 8.81. The minimum Gasteiger partial charge on any atom is -0.248 e. The molecule has 0 aliphatic carbocycles. The maximum atomic E-state index is 5.77. The first-order chi connectivity index (χ1) is 9.76. The van der Waals surface area contributed by atoms with Gasteiger partial charge in [-0.15, -0.1) is 0 Å². The van der Waals surface area contributed by atoms with Crippen LogP contribution in [0.1, 0.15) is 0 Å². The molecule has 0 radical (unpaired) electrons. The molecule has 3 aromatic carbocycles. The number of nitrogens with one attached hydrogen (secondary N) is 2. The number of hydrogen-bond donors (Lipinski definition) is 2. The second-order valence-corrected chi connectivity index (χ2v) is 4.16. The molecule has 0 aliphatic rings. The summed E-state index contributed by atoms with van der Waals surface area (Å²) in [6.07, 6.45) is 0. The van der Waals surface area contributed by atoms with Crippen molar-refractivity contribution in [2.75, 3.05) is 0 Å². The molecular weight excluding hydrogens is 284 g/mol. The summed E-state index contributed by atoms with van der Waals surface area (Å²) >= 11 is 7.62. The molecule has 2 nitrogen and oxygen atoms in total. The van der Waals surface area contributed by atoms with Gasteiger partial charge in [-0.05, 0) is 58.1 Å². The van der Waals surface area contributed by atoms with Crippen molar-refractivity contribution >= 4 is 56.3 Å². The van der Waals surface area contributed by atoms with Crippen LogP contribution in [0.15, 0.2) is 60.7 Å². The third-order valence-electron chi connectivity index (χ3n) is 2.61. The monoisotopic (exact) mass is 296 g/mol. The van der Waals surface area contributed by atoms with Crippen molar-refractivity contribution in [2.45, 2.75) is 0 Å². The first kappa shape index (κ1) is 15.8. The normalized spacial score (nSPS) is 8.40. The Kier molecular flexibility index (Phi) is 6.97. The number of isothiocyanates is 2. The lowest BCUT2D eigenvalue weighted by atomic mass is 10.0. The average Bonchev–Trinajstić information content (AvgIpc) is 2.47. The third-order valence-corrected chi connectivity index (χ3v) is 2.61. The number of rotatable bonds is 0. The summed E-state index contributed by atoms with van der Waals surface area (Å²) in [5.41, 5.74) is 0. The van der Waals surface area contributed by atoms with Crippen LogP contribution in [0.25, 0.3) is 21.5 Å². The molecule has 3 aromatic rings. The van der Waals surface area contributed by atoms with Gasteiger partial charge < -0.3 is 0 Å². The number of fused-ring (bicyclic) bond motifs is 2. The van der Waals surface area contributed by atoms with Gasteiger partial charge in [0, 0.05) is 0 Å². The van der Waals surface area contributed by atoms with Crippen LogP contribution in [0, 0.1) is 10.8 Å². The second-order valence-electron chi connectivity index (χ2n) is 3.75. The van der Waals surface area contributed by atoms with Crippen molar-refractivity contribution < 1.29 is 0 Å². The van der Waals surface area contributed by atoms with Gasteiger partial charge in [0.05, 0.1) is 10.3 Å². The molecular formula is C16H12N2S2. The number of thiocarbonyl (C=S) groups is 2. The lowest BCUT2D eigenvalue weighted by molar-refractivity contribution is 1.61. The van der Waals surface area contributed by atoms with Crippen molar-refractivity contribution in [3.05, 3.63) is 60.7 Å². The lowest BCUT2D eigenvalue weighted by Crippen LogP contribution is -1.74. The van der Waals surface area contributed by atoms with Crippen molar-refractivity contribution in [2.24, 2.45) is 0 Å². The molecule has 0 saturated heterocycles. The average molecular weight is 296 g/mol. The molecule has 0 unspecified atom stereocenters. The zero-order valence-corrected chi connectivity index (χ0v) is 12.2. The fourth-order valence-electron chi connectivity index (χ4n) is 1.88. The molecule has 98 valence electrons. The molecule has 0 spiro atoms. The SMILES string of the molecule is N=C=S.N=C=S.c1ccc2cc3ccccc3cc2c1. The van der Waals surface area contributed by atoms with Gasteiger partial charge in [0.25, 0.3) is 0 Å². The van der Waals surface area contributed by atoms with Gasteiger partial charge >= 0.3 is 0 Å². The molecule has 0 aliphatic heterocycles. The van der Waals surface area contributed by atoms with Crippen molar-refractivity contribution in [1.82, 2.24) is 0 Å². The summed E-state index contributed by atoms with van der Waals surface area (Å²) in [6.45, 7) is 0. The molecule has 0 atom stereocenters. The van der Waals surface area contributed by atoms with E-state index in [1.54, 1.807) is 10.3 Å². The zero-order chi connectivity index (χ0) is 14.8. The zero-order valence-electron chi connectivity index (χ0n) is 10.6. The summed E-state index contributed by atoms with van der Waals surface area (Å²) in [7, 11) is 0. The maximum absolute atomic E-state index is 5.77. The fraction of sp³-hybridized carbons (Fsp3) is 0. The quantitative estimate of drug-likeness (QED) is 0.334. The van der Waals surface area contributed by atoms with E-state index >= 15 is 0 Å². The van der Waals surface area contributed by atoms with Crippen LogP contribution in [0.3, 0.4) is 0 Å². The van der Waals surface area contributed by atoms with Gasteiger partial charge in [0.15, 0.2) is 0 Å². The van der Waals surface area contributed by atoms with Gasteiger partial charge in [0.1, 0.15) is 0 Å². The van der Waals surface area contributed by atoms with E-state index in [-0.39, 0.29) is 0 Å². The van der Waals surface area contributed by atoms with Crippen LogP contribution >= 0.6 is 24.4 Å². The summed E-state index contributed by atoms with van der Waals surface area (Å²) in [4.78, 5) is 0. The van der Waals surface area contributed by atoms with Gasteiger partial charge in [-0.3, -0.25) is 0 Å². The highest BCUT2D eigenvalue weighted by Crippen LogP contribution is 2.21. The Morgan fingerprint density at radius 2 is 0.800 bits per heavy atom. The van der Waals surface area contributed by atoms with Crippen LogP contribution in [0.2, 0.25) is 0 Å². The highest BCUT2D eigenvalue weighted by atomic mass is 32.1. The summed E-state index contributed by atoms with van der Waals surface area (Å²) in [5.74, 6) is 0. The van der Waals surface area contributed by atoms with Gasteiger partial charge in [-0.25, -0.2) is 10.8 Å². The number of benzene rings is 3. The van der Waals surface area contributed by atoms with E-state index < -0.39 is 0 Å². The maximum Gasteiger partial charge on any atom is 0.0554 e. The molecule has 0 amide bonds. The van der Waals surface area contributed by atoms with E-state index in [0.717, 1.165) is 0 Å². The third kappa shape index (κ3) is 4.47. The van der Waals surface area contributed by atoms with Crippen LogP contribution in [-0.2, 0) is 0 Å². The van der Waals surface area contributed by atoms with E-state index in [4.69, 9.17) is 10.8 Å². The molecule has 0 aromatic heterocycles. The molecule has 2 N–H and O–H groups in total. The van der Waals surface area contributed by atoms with Crippen molar-refractivity contribution in [3.63, 3.8) is 0 Å². The molecule has 4 heteroatoms. The minimum absolute atomic E-state index is 1.31. The minimum atomic E-state index is 1.31. The van der Waals surface area contributed by atoms with Crippen LogP contribution in [-0.4, -0.2) is 10.3 Å². The Balaban J connectivity index is 0.000000290. The molecule has 3 rings (SSSR count). The standard InChI is InChI=1S/C14H10.2CHNS/c1-2-6-12-10-14-8-4-3-7-13(14)9-11(12)5-1;2*2-1-3/h1-10H;2*2H. The highest BCUT2D eigenvalue weighted by Gasteiger charge is 1.95. The molecule has 0 bridgehead atoms.